The Labute approximate surface area is 115 Å². The molecule has 2 N–H and O–H groups in total. The third-order valence-electron chi connectivity index (χ3n) is 2.90. The first-order valence-corrected chi connectivity index (χ1v) is 6.14. The third kappa shape index (κ3) is 2.85. The number of aromatic carboxylic acids is 1. The summed E-state index contributed by atoms with van der Waals surface area (Å²) in [4.78, 5) is 21.6. The second-order valence-corrected chi connectivity index (χ2v) is 4.33. The summed E-state index contributed by atoms with van der Waals surface area (Å²) in [6, 6.07) is 8.40. The van der Waals surface area contributed by atoms with Gasteiger partial charge >= 0.3 is 11.9 Å². The van der Waals surface area contributed by atoms with E-state index in [4.69, 9.17) is 10.2 Å². The van der Waals surface area contributed by atoms with Gasteiger partial charge in [0.25, 0.3) is 0 Å². The van der Waals surface area contributed by atoms with Crippen LogP contribution in [0.1, 0.15) is 28.7 Å². The van der Waals surface area contributed by atoms with Gasteiger partial charge in [0.1, 0.15) is 0 Å². The van der Waals surface area contributed by atoms with Crippen LogP contribution in [-0.4, -0.2) is 31.9 Å². The standard InChI is InChI=1S/C14H14N2O4/c1-2-10-8-12(14(19)20)15-16(10)11-5-3-9(4-6-11)7-13(17)18/h3-6,8H,2,7H2,1H3,(H,17,18)(H,19,20). The third-order valence-corrected chi connectivity index (χ3v) is 2.90. The molecule has 0 saturated carbocycles. The van der Waals surface area contributed by atoms with Crippen LogP contribution in [0.3, 0.4) is 0 Å². The number of rotatable bonds is 5. The van der Waals surface area contributed by atoms with Gasteiger partial charge in [-0.25, -0.2) is 9.48 Å². The molecule has 0 radical (unpaired) electrons. The number of carboxylic acid groups (broad SMARTS) is 2. The van der Waals surface area contributed by atoms with E-state index in [0.717, 1.165) is 5.69 Å². The van der Waals surface area contributed by atoms with Crippen LogP contribution in [0.5, 0.6) is 0 Å². The van der Waals surface area contributed by atoms with Gasteiger partial charge in [-0.2, -0.15) is 5.10 Å². The monoisotopic (exact) mass is 274 g/mol. The van der Waals surface area contributed by atoms with Crippen molar-refractivity contribution < 1.29 is 19.8 Å². The lowest BCUT2D eigenvalue weighted by molar-refractivity contribution is -0.136. The molecule has 104 valence electrons. The second-order valence-electron chi connectivity index (χ2n) is 4.33. The summed E-state index contributed by atoms with van der Waals surface area (Å²) in [7, 11) is 0. The highest BCUT2D eigenvalue weighted by molar-refractivity contribution is 5.85. The number of carbonyl (C=O) groups is 2. The van der Waals surface area contributed by atoms with Crippen molar-refractivity contribution >= 4 is 11.9 Å². The highest BCUT2D eigenvalue weighted by atomic mass is 16.4. The van der Waals surface area contributed by atoms with E-state index in [1.54, 1.807) is 28.9 Å². The van der Waals surface area contributed by atoms with Gasteiger partial charge in [-0.1, -0.05) is 19.1 Å². The molecular weight excluding hydrogens is 260 g/mol. The number of aliphatic carboxylic acids is 1. The Morgan fingerprint density at radius 1 is 1.20 bits per heavy atom. The molecule has 0 spiro atoms. The predicted molar refractivity (Wildman–Crippen MR) is 71.2 cm³/mol. The van der Waals surface area contributed by atoms with E-state index < -0.39 is 11.9 Å². The van der Waals surface area contributed by atoms with Crippen molar-refractivity contribution in [3.63, 3.8) is 0 Å². The Balaban J connectivity index is 2.35. The fourth-order valence-electron chi connectivity index (χ4n) is 1.93. The molecule has 0 bridgehead atoms. The van der Waals surface area contributed by atoms with Crippen molar-refractivity contribution in [2.75, 3.05) is 0 Å². The van der Waals surface area contributed by atoms with Crippen molar-refractivity contribution in [2.45, 2.75) is 19.8 Å². The first-order valence-electron chi connectivity index (χ1n) is 6.14. The van der Waals surface area contributed by atoms with E-state index >= 15 is 0 Å². The van der Waals surface area contributed by atoms with Gasteiger partial charge in [0, 0.05) is 5.69 Å². The van der Waals surface area contributed by atoms with Crippen LogP contribution in [-0.2, 0) is 17.6 Å². The lowest BCUT2D eigenvalue weighted by Crippen LogP contribution is -2.04. The van der Waals surface area contributed by atoms with Crippen molar-refractivity contribution in [3.05, 3.63) is 47.3 Å². The van der Waals surface area contributed by atoms with E-state index in [-0.39, 0.29) is 12.1 Å². The summed E-state index contributed by atoms with van der Waals surface area (Å²) >= 11 is 0. The first kappa shape index (κ1) is 13.8. The smallest absolute Gasteiger partial charge is 0.356 e. The number of carboxylic acids is 2. The van der Waals surface area contributed by atoms with Crippen molar-refractivity contribution in [3.8, 4) is 5.69 Å². The molecule has 0 fully saturated rings. The van der Waals surface area contributed by atoms with E-state index in [9.17, 15) is 9.59 Å². The average molecular weight is 274 g/mol. The molecule has 0 aliphatic carbocycles. The fraction of sp³-hybridized carbons (Fsp3) is 0.214. The summed E-state index contributed by atoms with van der Waals surface area (Å²) in [6.07, 6.45) is 0.609. The molecule has 2 aromatic rings. The van der Waals surface area contributed by atoms with E-state index in [0.29, 0.717) is 17.7 Å². The fourth-order valence-corrected chi connectivity index (χ4v) is 1.93. The number of hydrogen-bond donors (Lipinski definition) is 2. The Morgan fingerprint density at radius 3 is 2.35 bits per heavy atom. The first-order chi connectivity index (χ1) is 9.51. The Hall–Kier alpha value is -2.63. The van der Waals surface area contributed by atoms with Gasteiger partial charge in [-0.3, -0.25) is 4.79 Å². The maximum absolute atomic E-state index is 10.9. The van der Waals surface area contributed by atoms with Gasteiger partial charge < -0.3 is 10.2 Å². The van der Waals surface area contributed by atoms with Gasteiger partial charge in [0.05, 0.1) is 12.1 Å². The average Bonchev–Trinajstić information content (AvgIpc) is 2.83. The summed E-state index contributed by atoms with van der Waals surface area (Å²) in [5.41, 5.74) is 2.18. The molecule has 0 unspecified atom stereocenters. The summed E-state index contributed by atoms with van der Waals surface area (Å²) in [5, 5.41) is 21.7. The SMILES string of the molecule is CCc1cc(C(=O)O)nn1-c1ccc(CC(=O)O)cc1. The Bertz CT molecular complexity index is 644. The molecule has 0 aliphatic rings. The minimum Gasteiger partial charge on any atom is -0.481 e. The minimum absolute atomic E-state index is 0.00328. The topological polar surface area (TPSA) is 92.4 Å². The van der Waals surface area contributed by atoms with Crippen molar-refractivity contribution in [2.24, 2.45) is 0 Å². The molecule has 0 amide bonds. The zero-order valence-corrected chi connectivity index (χ0v) is 10.9. The molecule has 1 aromatic carbocycles. The Morgan fingerprint density at radius 2 is 1.85 bits per heavy atom. The van der Waals surface area contributed by atoms with Crippen LogP contribution < -0.4 is 0 Å². The zero-order valence-electron chi connectivity index (χ0n) is 10.9. The quantitative estimate of drug-likeness (QED) is 0.866. The number of aromatic nitrogens is 2. The molecule has 0 aliphatic heterocycles. The van der Waals surface area contributed by atoms with Crippen molar-refractivity contribution in [1.82, 2.24) is 9.78 Å². The molecule has 20 heavy (non-hydrogen) atoms. The van der Waals surface area contributed by atoms with Crippen LogP contribution >= 0.6 is 0 Å². The summed E-state index contributed by atoms with van der Waals surface area (Å²) < 4.78 is 1.56. The normalized spacial score (nSPS) is 10.4. The Kier molecular flexibility index (Phi) is 3.84. The van der Waals surface area contributed by atoms with Crippen LogP contribution in [0, 0.1) is 0 Å². The van der Waals surface area contributed by atoms with E-state index in [2.05, 4.69) is 5.10 Å². The van der Waals surface area contributed by atoms with E-state index in [1.165, 1.54) is 6.07 Å². The number of hydrogen-bond acceptors (Lipinski definition) is 3. The van der Waals surface area contributed by atoms with E-state index in [1.807, 2.05) is 6.92 Å². The van der Waals surface area contributed by atoms with Crippen LogP contribution in [0.15, 0.2) is 30.3 Å². The van der Waals surface area contributed by atoms with Crippen LogP contribution in [0.2, 0.25) is 0 Å². The maximum Gasteiger partial charge on any atom is 0.356 e. The number of nitrogens with zero attached hydrogens (tertiary/aromatic N) is 2. The molecule has 6 nitrogen and oxygen atoms in total. The predicted octanol–water partition coefficient (Wildman–Crippen LogP) is 1.76. The molecular formula is C14H14N2O4. The molecule has 1 heterocycles. The van der Waals surface area contributed by atoms with Gasteiger partial charge in [-0.05, 0) is 30.2 Å². The summed E-state index contributed by atoms with van der Waals surface area (Å²) in [6.45, 7) is 1.91. The number of aryl methyl sites for hydroxylation is 1. The van der Waals surface area contributed by atoms with Gasteiger partial charge in [0.15, 0.2) is 5.69 Å². The molecule has 0 atom stereocenters. The van der Waals surface area contributed by atoms with Crippen molar-refractivity contribution in [1.29, 1.82) is 0 Å². The highest BCUT2D eigenvalue weighted by Gasteiger charge is 2.13. The highest BCUT2D eigenvalue weighted by Crippen LogP contribution is 2.15. The molecule has 2 rings (SSSR count). The lowest BCUT2D eigenvalue weighted by Gasteiger charge is -2.06. The molecule has 0 saturated heterocycles. The van der Waals surface area contributed by atoms with Crippen LogP contribution in [0.25, 0.3) is 5.69 Å². The second kappa shape index (κ2) is 5.56. The molecule has 6 heteroatoms. The van der Waals surface area contributed by atoms with Crippen LogP contribution in [0.4, 0.5) is 0 Å². The minimum atomic E-state index is -1.07. The maximum atomic E-state index is 10.9. The lowest BCUT2D eigenvalue weighted by atomic mass is 10.1. The van der Waals surface area contributed by atoms with Gasteiger partial charge in [-0.15, -0.1) is 0 Å². The molecule has 1 aromatic heterocycles. The largest absolute Gasteiger partial charge is 0.481 e. The zero-order chi connectivity index (χ0) is 14.7. The summed E-state index contributed by atoms with van der Waals surface area (Å²) in [5.74, 6) is -1.96. The van der Waals surface area contributed by atoms with Gasteiger partial charge in [0.2, 0.25) is 0 Å². The number of benzene rings is 1.